The van der Waals surface area contributed by atoms with E-state index < -0.39 is 0 Å². The van der Waals surface area contributed by atoms with E-state index in [1.807, 2.05) is 0 Å². The molecule has 0 unspecified atom stereocenters. The van der Waals surface area contributed by atoms with Crippen molar-refractivity contribution < 1.29 is 0 Å². The first-order chi connectivity index (χ1) is 6.24. The van der Waals surface area contributed by atoms with Gasteiger partial charge in [-0.3, -0.25) is 0 Å². The maximum atomic E-state index is 4.55. The lowest BCUT2D eigenvalue weighted by molar-refractivity contribution is 1.29. The van der Waals surface area contributed by atoms with Crippen molar-refractivity contribution in [3.8, 4) is 0 Å². The average Bonchev–Trinajstić information content (AvgIpc) is 2.60. The number of thiophene rings is 1. The highest BCUT2D eigenvalue weighted by Gasteiger charge is 2.07. The van der Waals surface area contributed by atoms with Crippen LogP contribution in [0.3, 0.4) is 0 Å². The lowest BCUT2D eigenvalue weighted by Crippen LogP contribution is -1.79. The minimum absolute atomic E-state index is 1.13. The van der Waals surface area contributed by atoms with Gasteiger partial charge >= 0.3 is 0 Å². The Morgan fingerprint density at radius 1 is 1.46 bits per heavy atom. The molecule has 2 aromatic rings. The molecule has 1 heterocycles. The molecule has 0 saturated carbocycles. The summed E-state index contributed by atoms with van der Waals surface area (Å²) in [5, 5.41) is 3.47. The van der Waals surface area contributed by atoms with Crippen molar-refractivity contribution in [1.29, 1.82) is 0 Å². The summed E-state index contributed by atoms with van der Waals surface area (Å²) >= 11 is 8.07. The van der Waals surface area contributed by atoms with Gasteiger partial charge in [-0.15, -0.1) is 35.7 Å². The molecule has 0 amide bonds. The molecule has 0 fully saturated rings. The fourth-order valence-corrected chi connectivity index (χ4v) is 3.60. The SMILES string of the molecule is CSc1cc(C)c2ccsc2c1S. The van der Waals surface area contributed by atoms with E-state index in [1.165, 1.54) is 20.5 Å². The predicted octanol–water partition coefficient (Wildman–Crippen LogP) is 4.22. The summed E-state index contributed by atoms with van der Waals surface area (Å²) in [7, 11) is 0. The van der Waals surface area contributed by atoms with Gasteiger partial charge in [-0.1, -0.05) is 0 Å². The monoisotopic (exact) mass is 226 g/mol. The van der Waals surface area contributed by atoms with Gasteiger partial charge in [0, 0.05) is 14.5 Å². The zero-order valence-electron chi connectivity index (χ0n) is 7.50. The van der Waals surface area contributed by atoms with Crippen LogP contribution in [0.15, 0.2) is 27.3 Å². The van der Waals surface area contributed by atoms with E-state index in [9.17, 15) is 0 Å². The average molecular weight is 226 g/mol. The number of hydrogen-bond acceptors (Lipinski definition) is 3. The molecule has 0 spiro atoms. The molecule has 13 heavy (non-hydrogen) atoms. The maximum Gasteiger partial charge on any atom is 0.0490 e. The maximum absolute atomic E-state index is 4.55. The number of hydrogen-bond donors (Lipinski definition) is 1. The van der Waals surface area contributed by atoms with Gasteiger partial charge in [0.25, 0.3) is 0 Å². The molecule has 0 radical (unpaired) electrons. The molecule has 0 aliphatic carbocycles. The normalized spacial score (nSPS) is 11.0. The van der Waals surface area contributed by atoms with E-state index in [0.717, 1.165) is 4.90 Å². The van der Waals surface area contributed by atoms with Crippen molar-refractivity contribution >= 4 is 45.8 Å². The molecular weight excluding hydrogens is 216 g/mol. The van der Waals surface area contributed by atoms with Crippen LogP contribution in [0.4, 0.5) is 0 Å². The minimum Gasteiger partial charge on any atom is -0.143 e. The van der Waals surface area contributed by atoms with Gasteiger partial charge in [-0.05, 0) is 41.6 Å². The standard InChI is InChI=1S/C10H10S3/c1-6-5-8(12-2)9(11)10-7(6)3-4-13-10/h3-5,11H,1-2H3. The van der Waals surface area contributed by atoms with Gasteiger partial charge in [0.1, 0.15) is 0 Å². The molecule has 2 rings (SSSR count). The Morgan fingerprint density at radius 2 is 2.23 bits per heavy atom. The number of thiol groups is 1. The molecule has 1 aromatic carbocycles. The van der Waals surface area contributed by atoms with Crippen LogP contribution >= 0.6 is 35.7 Å². The summed E-state index contributed by atoms with van der Waals surface area (Å²) in [5.41, 5.74) is 1.35. The molecule has 1 aromatic heterocycles. The van der Waals surface area contributed by atoms with Gasteiger partial charge < -0.3 is 0 Å². The molecule has 0 saturated heterocycles. The van der Waals surface area contributed by atoms with Crippen LogP contribution in [0.25, 0.3) is 10.1 Å². The molecule has 0 N–H and O–H groups in total. The number of thioether (sulfide) groups is 1. The minimum atomic E-state index is 1.13. The lowest BCUT2D eigenvalue weighted by Gasteiger charge is -2.05. The van der Waals surface area contributed by atoms with Gasteiger partial charge in [-0.25, -0.2) is 0 Å². The molecule has 3 heteroatoms. The van der Waals surface area contributed by atoms with Crippen LogP contribution in [0.5, 0.6) is 0 Å². The summed E-state index contributed by atoms with van der Waals surface area (Å²) in [4.78, 5) is 2.40. The van der Waals surface area contributed by atoms with Crippen molar-refractivity contribution in [3.63, 3.8) is 0 Å². The van der Waals surface area contributed by atoms with E-state index in [2.05, 4.69) is 43.3 Å². The second kappa shape index (κ2) is 3.56. The lowest BCUT2D eigenvalue weighted by atomic mass is 10.1. The molecular formula is C10H10S3. The fourth-order valence-electron chi connectivity index (χ4n) is 1.41. The second-order valence-corrected chi connectivity index (χ2v) is 5.12. The van der Waals surface area contributed by atoms with E-state index in [0.29, 0.717) is 0 Å². The van der Waals surface area contributed by atoms with Gasteiger partial charge in [0.15, 0.2) is 0 Å². The summed E-state index contributed by atoms with van der Waals surface area (Å²) < 4.78 is 1.31. The molecule has 0 atom stereocenters. The predicted molar refractivity (Wildman–Crippen MR) is 65.6 cm³/mol. The quantitative estimate of drug-likeness (QED) is 0.561. The Labute approximate surface area is 91.8 Å². The molecule has 0 aliphatic rings. The first-order valence-corrected chi connectivity index (χ1v) is 6.53. The highest BCUT2D eigenvalue weighted by molar-refractivity contribution is 7.99. The van der Waals surface area contributed by atoms with Crippen molar-refractivity contribution in [3.05, 3.63) is 23.1 Å². The first kappa shape index (κ1) is 9.44. The van der Waals surface area contributed by atoms with E-state index >= 15 is 0 Å². The number of benzene rings is 1. The number of rotatable bonds is 1. The van der Waals surface area contributed by atoms with Gasteiger partial charge in [0.05, 0.1) is 0 Å². The summed E-state index contributed by atoms with van der Waals surface area (Å²) in [6.45, 7) is 2.15. The first-order valence-electron chi connectivity index (χ1n) is 3.98. The van der Waals surface area contributed by atoms with Crippen LogP contribution in [-0.4, -0.2) is 6.26 Å². The Balaban J connectivity index is 2.85. The van der Waals surface area contributed by atoms with E-state index in [4.69, 9.17) is 0 Å². The summed E-state index contributed by atoms with van der Waals surface area (Å²) in [6, 6.07) is 4.38. The Morgan fingerprint density at radius 3 is 2.92 bits per heavy atom. The smallest absolute Gasteiger partial charge is 0.0490 e. The van der Waals surface area contributed by atoms with Gasteiger partial charge in [-0.2, -0.15) is 0 Å². The van der Waals surface area contributed by atoms with Crippen molar-refractivity contribution in [2.24, 2.45) is 0 Å². The third kappa shape index (κ3) is 1.49. The van der Waals surface area contributed by atoms with Crippen LogP contribution in [0.2, 0.25) is 0 Å². The molecule has 0 bridgehead atoms. The van der Waals surface area contributed by atoms with Gasteiger partial charge in [0.2, 0.25) is 0 Å². The summed E-state index contributed by atoms with van der Waals surface area (Å²) in [5.74, 6) is 0. The van der Waals surface area contributed by atoms with E-state index in [-0.39, 0.29) is 0 Å². The third-order valence-corrected chi connectivity index (χ3v) is 4.57. The highest BCUT2D eigenvalue weighted by Crippen LogP contribution is 2.36. The zero-order valence-corrected chi connectivity index (χ0v) is 10.0. The summed E-state index contributed by atoms with van der Waals surface area (Å²) in [6.07, 6.45) is 2.09. The Kier molecular flexibility index (Phi) is 2.58. The largest absolute Gasteiger partial charge is 0.143 e. The molecule has 0 nitrogen and oxygen atoms in total. The number of aryl methyl sites for hydroxylation is 1. The fraction of sp³-hybridized carbons (Fsp3) is 0.200. The number of fused-ring (bicyclic) bond motifs is 1. The second-order valence-electron chi connectivity index (χ2n) is 2.91. The van der Waals surface area contributed by atoms with E-state index in [1.54, 1.807) is 23.1 Å². The van der Waals surface area contributed by atoms with Crippen molar-refractivity contribution in [2.45, 2.75) is 16.7 Å². The van der Waals surface area contributed by atoms with Crippen molar-refractivity contribution in [1.82, 2.24) is 0 Å². The highest BCUT2D eigenvalue weighted by atomic mass is 32.2. The Hall–Kier alpha value is -0.120. The van der Waals surface area contributed by atoms with Crippen LogP contribution in [-0.2, 0) is 0 Å². The third-order valence-electron chi connectivity index (χ3n) is 2.11. The zero-order chi connectivity index (χ0) is 9.42. The van der Waals surface area contributed by atoms with Crippen molar-refractivity contribution in [2.75, 3.05) is 6.26 Å². The van der Waals surface area contributed by atoms with Crippen LogP contribution in [0.1, 0.15) is 5.56 Å². The topological polar surface area (TPSA) is 0 Å². The molecule has 68 valence electrons. The van der Waals surface area contributed by atoms with Crippen LogP contribution < -0.4 is 0 Å². The van der Waals surface area contributed by atoms with Crippen LogP contribution in [0, 0.1) is 6.92 Å². The Bertz CT molecular complexity index is 443. The molecule has 0 aliphatic heterocycles.